The fraction of sp³-hybridized carbons (Fsp3) is 0.375. The Balaban J connectivity index is 3.06. The van der Waals surface area contributed by atoms with Gasteiger partial charge in [-0.05, 0) is 26.0 Å². The third-order valence-corrected chi connectivity index (χ3v) is 1.34. The number of rotatable bonds is 1. The molecule has 3 heteroatoms. The van der Waals surface area contributed by atoms with Gasteiger partial charge in [-0.15, -0.1) is 0 Å². The molecule has 2 nitrogen and oxygen atoms in total. The third kappa shape index (κ3) is 1.98. The van der Waals surface area contributed by atoms with E-state index in [1.807, 2.05) is 0 Å². The maximum atomic E-state index is 12.5. The van der Waals surface area contributed by atoms with E-state index in [-0.39, 0.29) is 0 Å². The van der Waals surface area contributed by atoms with Crippen molar-refractivity contribution in [2.75, 3.05) is 0 Å². The topological polar surface area (TPSA) is 33.1 Å². The van der Waals surface area contributed by atoms with Crippen molar-refractivity contribution in [1.29, 1.82) is 0 Å². The summed E-state index contributed by atoms with van der Waals surface area (Å²) < 4.78 is 12.5. The number of nitrogens with zero attached hydrogens (tertiary/aromatic N) is 1. The molecule has 0 aromatic carbocycles. The van der Waals surface area contributed by atoms with Gasteiger partial charge >= 0.3 is 0 Å². The van der Waals surface area contributed by atoms with E-state index in [9.17, 15) is 9.50 Å². The average molecular weight is 155 g/mol. The van der Waals surface area contributed by atoms with Crippen LogP contribution in [0.1, 0.15) is 19.5 Å². The lowest BCUT2D eigenvalue weighted by molar-refractivity contribution is 0.0729. The Hall–Kier alpha value is -0.960. The van der Waals surface area contributed by atoms with Crippen LogP contribution in [0.25, 0.3) is 0 Å². The highest BCUT2D eigenvalue weighted by molar-refractivity contribution is 5.10. The maximum absolute atomic E-state index is 12.5. The zero-order chi connectivity index (χ0) is 8.48. The van der Waals surface area contributed by atoms with Gasteiger partial charge in [0.1, 0.15) is 5.60 Å². The number of hydrogen-bond donors (Lipinski definition) is 1. The standard InChI is InChI=1S/C8H10FNO/c1-8(2,11)6-4-3-5-7(9)10-6/h3-5,11H,1-2H3. The lowest BCUT2D eigenvalue weighted by atomic mass is 10.1. The molecule has 1 N–H and O–H groups in total. The lowest BCUT2D eigenvalue weighted by Crippen LogP contribution is -2.17. The van der Waals surface area contributed by atoms with Crippen LogP contribution >= 0.6 is 0 Å². The van der Waals surface area contributed by atoms with E-state index < -0.39 is 11.5 Å². The largest absolute Gasteiger partial charge is 0.384 e. The van der Waals surface area contributed by atoms with Crippen molar-refractivity contribution in [1.82, 2.24) is 4.98 Å². The van der Waals surface area contributed by atoms with Gasteiger partial charge in [0, 0.05) is 0 Å². The van der Waals surface area contributed by atoms with E-state index >= 15 is 0 Å². The van der Waals surface area contributed by atoms with E-state index in [1.165, 1.54) is 12.1 Å². The number of hydrogen-bond acceptors (Lipinski definition) is 2. The SMILES string of the molecule is CC(C)(O)c1cccc(F)n1. The van der Waals surface area contributed by atoms with Gasteiger partial charge in [-0.2, -0.15) is 4.39 Å². The van der Waals surface area contributed by atoms with Crippen LogP contribution in [0.2, 0.25) is 0 Å². The predicted molar refractivity (Wildman–Crippen MR) is 39.4 cm³/mol. The molecule has 0 atom stereocenters. The summed E-state index contributed by atoms with van der Waals surface area (Å²) >= 11 is 0. The molecule has 0 saturated carbocycles. The smallest absolute Gasteiger partial charge is 0.213 e. The van der Waals surface area contributed by atoms with Gasteiger partial charge in [0.05, 0.1) is 5.69 Å². The summed E-state index contributed by atoms with van der Waals surface area (Å²) in [6, 6.07) is 4.36. The number of aliphatic hydroxyl groups is 1. The Morgan fingerprint density at radius 2 is 2.09 bits per heavy atom. The van der Waals surface area contributed by atoms with Gasteiger partial charge < -0.3 is 5.11 Å². The molecule has 0 aliphatic rings. The Labute approximate surface area is 64.7 Å². The minimum Gasteiger partial charge on any atom is -0.384 e. The normalized spacial score (nSPS) is 11.6. The summed E-state index contributed by atoms with van der Waals surface area (Å²) in [7, 11) is 0. The van der Waals surface area contributed by atoms with Gasteiger partial charge in [-0.1, -0.05) is 6.07 Å². The van der Waals surface area contributed by atoms with Crippen LogP contribution in [0.4, 0.5) is 4.39 Å². The molecule has 1 heterocycles. The zero-order valence-electron chi connectivity index (χ0n) is 6.50. The fourth-order valence-corrected chi connectivity index (χ4v) is 0.749. The monoisotopic (exact) mass is 155 g/mol. The summed E-state index contributed by atoms with van der Waals surface area (Å²) in [6.45, 7) is 3.13. The Bertz CT molecular complexity index is 255. The second-order valence-corrected chi connectivity index (χ2v) is 2.90. The lowest BCUT2D eigenvalue weighted by Gasteiger charge is -2.15. The Morgan fingerprint density at radius 3 is 2.45 bits per heavy atom. The molecule has 1 rings (SSSR count). The molecule has 0 spiro atoms. The first-order chi connectivity index (χ1) is 5.00. The highest BCUT2D eigenvalue weighted by atomic mass is 19.1. The Morgan fingerprint density at radius 1 is 1.45 bits per heavy atom. The van der Waals surface area contributed by atoms with Crippen molar-refractivity contribution in [3.8, 4) is 0 Å². The van der Waals surface area contributed by atoms with Crippen molar-refractivity contribution < 1.29 is 9.50 Å². The van der Waals surface area contributed by atoms with Crippen LogP contribution in [0.15, 0.2) is 18.2 Å². The molecule has 1 aromatic rings. The number of halogens is 1. The fourth-order valence-electron chi connectivity index (χ4n) is 0.749. The molecule has 60 valence electrons. The summed E-state index contributed by atoms with van der Waals surface area (Å²) in [5.41, 5.74) is -0.722. The van der Waals surface area contributed by atoms with E-state index in [2.05, 4.69) is 4.98 Å². The number of aromatic nitrogens is 1. The Kier molecular flexibility index (Phi) is 1.91. The minimum atomic E-state index is -1.07. The molecule has 1 aromatic heterocycles. The van der Waals surface area contributed by atoms with Crippen molar-refractivity contribution in [3.05, 3.63) is 29.8 Å². The van der Waals surface area contributed by atoms with Gasteiger partial charge in [0.15, 0.2) is 0 Å². The predicted octanol–water partition coefficient (Wildman–Crippen LogP) is 1.45. The second-order valence-electron chi connectivity index (χ2n) is 2.90. The maximum Gasteiger partial charge on any atom is 0.213 e. The van der Waals surface area contributed by atoms with E-state index in [0.717, 1.165) is 0 Å². The van der Waals surface area contributed by atoms with Crippen molar-refractivity contribution >= 4 is 0 Å². The quantitative estimate of drug-likeness (QED) is 0.622. The van der Waals surface area contributed by atoms with Crippen LogP contribution < -0.4 is 0 Å². The molecule has 0 amide bonds. The van der Waals surface area contributed by atoms with Crippen molar-refractivity contribution in [3.63, 3.8) is 0 Å². The first-order valence-electron chi connectivity index (χ1n) is 3.35. The molecule has 0 fully saturated rings. The summed E-state index contributed by atoms with van der Waals surface area (Å²) in [5.74, 6) is -0.565. The molecule has 0 unspecified atom stereocenters. The van der Waals surface area contributed by atoms with Crippen molar-refractivity contribution in [2.24, 2.45) is 0 Å². The molecule has 0 aliphatic heterocycles. The minimum absolute atomic E-state index is 0.345. The molecule has 0 radical (unpaired) electrons. The van der Waals surface area contributed by atoms with Gasteiger partial charge in [0.25, 0.3) is 0 Å². The molecule has 0 bridgehead atoms. The molecular formula is C8H10FNO. The summed E-state index contributed by atoms with van der Waals surface area (Å²) in [5, 5.41) is 9.38. The van der Waals surface area contributed by atoms with E-state index in [1.54, 1.807) is 19.9 Å². The van der Waals surface area contributed by atoms with E-state index in [4.69, 9.17) is 0 Å². The number of pyridine rings is 1. The molecule has 0 aliphatic carbocycles. The van der Waals surface area contributed by atoms with Crippen LogP contribution in [0, 0.1) is 5.95 Å². The second kappa shape index (κ2) is 2.58. The van der Waals surface area contributed by atoms with Crippen LogP contribution in [-0.4, -0.2) is 10.1 Å². The van der Waals surface area contributed by atoms with Crippen LogP contribution in [0.5, 0.6) is 0 Å². The first kappa shape index (κ1) is 8.14. The molecule has 11 heavy (non-hydrogen) atoms. The van der Waals surface area contributed by atoms with Gasteiger partial charge in [0.2, 0.25) is 5.95 Å². The first-order valence-corrected chi connectivity index (χ1v) is 3.35. The van der Waals surface area contributed by atoms with Crippen molar-refractivity contribution in [2.45, 2.75) is 19.4 Å². The molecular weight excluding hydrogens is 145 g/mol. The van der Waals surface area contributed by atoms with Gasteiger partial charge in [-0.25, -0.2) is 4.98 Å². The highest BCUT2D eigenvalue weighted by Gasteiger charge is 2.17. The van der Waals surface area contributed by atoms with E-state index in [0.29, 0.717) is 5.69 Å². The third-order valence-electron chi connectivity index (χ3n) is 1.34. The average Bonchev–Trinajstić information content (AvgIpc) is 1.86. The van der Waals surface area contributed by atoms with Crippen LogP contribution in [0.3, 0.4) is 0 Å². The summed E-state index contributed by atoms with van der Waals surface area (Å²) in [4.78, 5) is 3.53. The van der Waals surface area contributed by atoms with Gasteiger partial charge in [-0.3, -0.25) is 0 Å². The highest BCUT2D eigenvalue weighted by Crippen LogP contribution is 2.16. The molecule has 0 saturated heterocycles. The summed E-state index contributed by atoms with van der Waals surface area (Å²) in [6.07, 6.45) is 0. The van der Waals surface area contributed by atoms with Crippen LogP contribution in [-0.2, 0) is 5.60 Å². The zero-order valence-corrected chi connectivity index (χ0v) is 6.50.